The molecule has 0 aliphatic carbocycles. The highest BCUT2D eigenvalue weighted by Gasteiger charge is 2.23. The molecule has 1 rings (SSSR count). The van der Waals surface area contributed by atoms with E-state index >= 15 is 0 Å². The van der Waals surface area contributed by atoms with E-state index in [0.717, 1.165) is 16.7 Å². The Balaban J connectivity index is 3.22. The van der Waals surface area contributed by atoms with Crippen LogP contribution < -0.4 is 0 Å². The van der Waals surface area contributed by atoms with Crippen molar-refractivity contribution in [2.75, 3.05) is 0 Å². The van der Waals surface area contributed by atoms with E-state index < -0.39 is 11.4 Å². The van der Waals surface area contributed by atoms with Gasteiger partial charge in [-0.3, -0.25) is 4.79 Å². The maximum atomic E-state index is 11.2. The summed E-state index contributed by atoms with van der Waals surface area (Å²) in [6.45, 7) is 7.41. The summed E-state index contributed by atoms with van der Waals surface area (Å²) in [5.74, 6) is -0.920. The summed E-state index contributed by atoms with van der Waals surface area (Å²) in [6.07, 6.45) is 2.45. The van der Waals surface area contributed by atoms with Crippen molar-refractivity contribution in [1.82, 2.24) is 0 Å². The Hall–Kier alpha value is -1.42. The van der Waals surface area contributed by atoms with Crippen LogP contribution in [0.2, 0.25) is 0 Å². The van der Waals surface area contributed by atoms with Crippen LogP contribution in [0.3, 0.4) is 0 Å². The van der Waals surface area contributed by atoms with Crippen molar-refractivity contribution in [3.05, 3.63) is 27.0 Å². The molecule has 1 heterocycles. The van der Waals surface area contributed by atoms with Crippen LogP contribution in [0.4, 0.5) is 0 Å². The van der Waals surface area contributed by atoms with E-state index in [-0.39, 0.29) is 0 Å². The highest BCUT2D eigenvalue weighted by molar-refractivity contribution is 7.14. The zero-order chi connectivity index (χ0) is 13.2. The zero-order valence-electron chi connectivity index (χ0n) is 10.4. The van der Waals surface area contributed by atoms with Gasteiger partial charge in [-0.1, -0.05) is 20.8 Å². The molecule has 0 spiro atoms. The van der Waals surface area contributed by atoms with Gasteiger partial charge in [0.05, 0.1) is 4.88 Å². The minimum absolute atomic E-state index is 0.344. The molecule has 0 radical (unpaired) electrons. The lowest BCUT2D eigenvalue weighted by atomic mass is 9.86. The number of rotatable bonds is 3. The van der Waals surface area contributed by atoms with Gasteiger partial charge < -0.3 is 5.11 Å². The SMILES string of the molecule is Cc1cc(C=C(C(=O)O)C(C)(C)C)sc1C=O. The molecule has 0 fully saturated rings. The average molecular weight is 252 g/mol. The molecule has 0 aliphatic rings. The Kier molecular flexibility index (Phi) is 3.88. The van der Waals surface area contributed by atoms with Gasteiger partial charge in [-0.05, 0) is 30.0 Å². The molecule has 1 aromatic rings. The fourth-order valence-corrected chi connectivity index (χ4v) is 2.39. The van der Waals surface area contributed by atoms with Crippen molar-refractivity contribution in [1.29, 1.82) is 0 Å². The van der Waals surface area contributed by atoms with Gasteiger partial charge in [-0.25, -0.2) is 4.79 Å². The molecule has 0 amide bonds. The van der Waals surface area contributed by atoms with Crippen molar-refractivity contribution in [3.63, 3.8) is 0 Å². The van der Waals surface area contributed by atoms with E-state index in [1.54, 1.807) is 6.08 Å². The van der Waals surface area contributed by atoms with Gasteiger partial charge in [0.25, 0.3) is 0 Å². The summed E-state index contributed by atoms with van der Waals surface area (Å²) in [7, 11) is 0. The number of hydrogen-bond acceptors (Lipinski definition) is 3. The quantitative estimate of drug-likeness (QED) is 0.662. The van der Waals surface area contributed by atoms with Crippen LogP contribution >= 0.6 is 11.3 Å². The second kappa shape index (κ2) is 4.84. The zero-order valence-corrected chi connectivity index (χ0v) is 11.2. The molecule has 92 valence electrons. The first-order chi connectivity index (χ1) is 7.75. The van der Waals surface area contributed by atoms with Crippen LogP contribution in [0, 0.1) is 12.3 Å². The molecule has 0 unspecified atom stereocenters. The van der Waals surface area contributed by atoms with Crippen LogP contribution in [0.25, 0.3) is 6.08 Å². The smallest absolute Gasteiger partial charge is 0.332 e. The maximum Gasteiger partial charge on any atom is 0.332 e. The first-order valence-electron chi connectivity index (χ1n) is 5.27. The van der Waals surface area contributed by atoms with E-state index in [4.69, 9.17) is 0 Å². The normalized spacial score (nSPS) is 12.6. The van der Waals surface area contributed by atoms with Gasteiger partial charge in [0, 0.05) is 10.5 Å². The monoisotopic (exact) mass is 252 g/mol. The molecule has 0 saturated carbocycles. The Morgan fingerprint density at radius 2 is 2.00 bits per heavy atom. The topological polar surface area (TPSA) is 54.4 Å². The van der Waals surface area contributed by atoms with Crippen molar-refractivity contribution < 1.29 is 14.7 Å². The minimum atomic E-state index is -0.920. The lowest BCUT2D eigenvalue weighted by Gasteiger charge is -2.18. The Bertz CT molecular complexity index is 475. The lowest BCUT2D eigenvalue weighted by molar-refractivity contribution is -0.133. The van der Waals surface area contributed by atoms with Crippen LogP contribution in [0.15, 0.2) is 11.6 Å². The predicted octanol–water partition coefficient (Wildman–Crippen LogP) is 3.38. The summed E-state index contributed by atoms with van der Waals surface area (Å²) >= 11 is 1.31. The van der Waals surface area contributed by atoms with Gasteiger partial charge in [0.2, 0.25) is 0 Å². The second-order valence-corrected chi connectivity index (χ2v) is 6.04. The highest BCUT2D eigenvalue weighted by Crippen LogP contribution is 2.30. The van der Waals surface area contributed by atoms with Crippen molar-refractivity contribution >= 4 is 29.7 Å². The minimum Gasteiger partial charge on any atom is -0.478 e. The molecular weight excluding hydrogens is 236 g/mol. The van der Waals surface area contributed by atoms with Gasteiger partial charge in [-0.2, -0.15) is 0 Å². The lowest BCUT2D eigenvalue weighted by Crippen LogP contribution is -2.17. The molecule has 0 aliphatic heterocycles. The Morgan fingerprint density at radius 1 is 1.41 bits per heavy atom. The summed E-state index contributed by atoms with van der Waals surface area (Å²) < 4.78 is 0. The van der Waals surface area contributed by atoms with Crippen molar-refractivity contribution in [2.24, 2.45) is 5.41 Å². The first kappa shape index (κ1) is 13.6. The highest BCUT2D eigenvalue weighted by atomic mass is 32.1. The Labute approximate surface area is 105 Å². The molecule has 1 aromatic heterocycles. The molecule has 4 heteroatoms. The fourth-order valence-electron chi connectivity index (χ4n) is 1.45. The molecule has 0 aromatic carbocycles. The number of carbonyl (C=O) groups excluding carboxylic acids is 1. The maximum absolute atomic E-state index is 11.2. The standard InChI is InChI=1S/C13H16O3S/c1-8-5-9(17-11(8)7-14)6-10(12(15)16)13(2,3)4/h5-7H,1-4H3,(H,15,16). The van der Waals surface area contributed by atoms with E-state index in [1.807, 2.05) is 33.8 Å². The van der Waals surface area contributed by atoms with E-state index in [0.29, 0.717) is 10.5 Å². The van der Waals surface area contributed by atoms with Crippen LogP contribution in [-0.2, 0) is 4.79 Å². The Morgan fingerprint density at radius 3 is 2.35 bits per heavy atom. The summed E-state index contributed by atoms with van der Waals surface area (Å²) in [4.78, 5) is 23.4. The average Bonchev–Trinajstić information content (AvgIpc) is 2.53. The number of carbonyl (C=O) groups is 2. The summed E-state index contributed by atoms with van der Waals surface area (Å²) in [5.41, 5.74) is 0.802. The number of carboxylic acids is 1. The number of thiophene rings is 1. The van der Waals surface area contributed by atoms with Crippen LogP contribution in [0.5, 0.6) is 0 Å². The molecule has 0 bridgehead atoms. The van der Waals surface area contributed by atoms with Gasteiger partial charge in [0.1, 0.15) is 0 Å². The fraction of sp³-hybridized carbons (Fsp3) is 0.385. The van der Waals surface area contributed by atoms with Gasteiger partial charge in [-0.15, -0.1) is 11.3 Å². The molecule has 1 N–H and O–H groups in total. The molecule has 17 heavy (non-hydrogen) atoms. The van der Waals surface area contributed by atoms with E-state index in [9.17, 15) is 14.7 Å². The van der Waals surface area contributed by atoms with Crippen molar-refractivity contribution in [2.45, 2.75) is 27.7 Å². The summed E-state index contributed by atoms with van der Waals surface area (Å²) in [5, 5.41) is 9.17. The van der Waals surface area contributed by atoms with Crippen LogP contribution in [0.1, 0.15) is 40.9 Å². The van der Waals surface area contributed by atoms with Crippen molar-refractivity contribution in [3.8, 4) is 0 Å². The number of carboxylic acid groups (broad SMARTS) is 1. The van der Waals surface area contributed by atoms with E-state index in [1.165, 1.54) is 11.3 Å². The molecule has 0 atom stereocenters. The van der Waals surface area contributed by atoms with E-state index in [2.05, 4.69) is 0 Å². The van der Waals surface area contributed by atoms with Gasteiger partial charge >= 0.3 is 5.97 Å². The third-order valence-electron chi connectivity index (χ3n) is 2.41. The molecule has 0 saturated heterocycles. The predicted molar refractivity (Wildman–Crippen MR) is 69.5 cm³/mol. The molecule has 3 nitrogen and oxygen atoms in total. The second-order valence-electron chi connectivity index (χ2n) is 4.93. The number of aliphatic carboxylic acids is 1. The number of hydrogen-bond donors (Lipinski definition) is 1. The largest absolute Gasteiger partial charge is 0.478 e. The number of aldehydes is 1. The van der Waals surface area contributed by atoms with Gasteiger partial charge in [0.15, 0.2) is 6.29 Å². The summed E-state index contributed by atoms with van der Waals surface area (Å²) in [6, 6.07) is 1.84. The third-order valence-corrected chi connectivity index (χ3v) is 3.52. The molecular formula is C13H16O3S. The third kappa shape index (κ3) is 3.27. The number of aryl methyl sites for hydroxylation is 1. The van der Waals surface area contributed by atoms with Crippen LogP contribution in [-0.4, -0.2) is 17.4 Å². The first-order valence-corrected chi connectivity index (χ1v) is 6.08.